The van der Waals surface area contributed by atoms with Gasteiger partial charge in [-0.05, 0) is 0 Å². The Balaban J connectivity index is -0.0000000267. The fourth-order valence-corrected chi connectivity index (χ4v) is 0. The minimum absolute atomic E-state index is 0. The average Bonchev–Trinajstić information content (AvgIpc) is 0.722. The SMILES string of the molecule is Cl.O=S(=O)(O)O.[MgH2].[NaH]. The summed E-state index contributed by atoms with van der Waals surface area (Å²) < 4.78 is 31.6. The first-order valence-electron chi connectivity index (χ1n) is 0.698. The molecule has 2 N–H and O–H groups in total. The van der Waals surface area contributed by atoms with Crippen LogP contribution in [0.3, 0.4) is 0 Å². The van der Waals surface area contributed by atoms with E-state index in [1.165, 1.54) is 0 Å². The molecule has 0 fully saturated rings. The molecule has 0 atom stereocenters. The summed E-state index contributed by atoms with van der Waals surface area (Å²) in [5.41, 5.74) is 0. The first kappa shape index (κ1) is 22.5. The zero-order valence-electron chi connectivity index (χ0n) is 2.53. The summed E-state index contributed by atoms with van der Waals surface area (Å²) in [5.74, 6) is 0. The molecule has 0 bridgehead atoms. The van der Waals surface area contributed by atoms with E-state index in [2.05, 4.69) is 0 Å². The molecule has 0 amide bonds. The van der Waals surface area contributed by atoms with E-state index < -0.39 is 10.4 Å². The first-order valence-corrected chi connectivity index (χ1v) is 2.10. The maximum absolute atomic E-state index is 8.74. The molecule has 0 saturated heterocycles. The third-order valence-electron chi connectivity index (χ3n) is 0. The van der Waals surface area contributed by atoms with Gasteiger partial charge in [0.1, 0.15) is 0 Å². The second kappa shape index (κ2) is 8.93. The van der Waals surface area contributed by atoms with Gasteiger partial charge in [-0.3, -0.25) is 9.11 Å². The molecule has 0 spiro atoms. The molecular weight excluding hydrogens is 179 g/mol. The molecular formula is H6ClMgNaO4S. The van der Waals surface area contributed by atoms with Gasteiger partial charge in [0.05, 0.1) is 0 Å². The summed E-state index contributed by atoms with van der Waals surface area (Å²) in [5, 5.41) is 0. The number of halogens is 1. The van der Waals surface area contributed by atoms with E-state index in [4.69, 9.17) is 17.5 Å². The molecule has 0 aliphatic rings. The van der Waals surface area contributed by atoms with Crippen molar-refractivity contribution < 1.29 is 17.5 Å². The van der Waals surface area contributed by atoms with Crippen LogP contribution in [0, 0.1) is 0 Å². The van der Waals surface area contributed by atoms with E-state index >= 15 is 0 Å². The van der Waals surface area contributed by atoms with E-state index in [-0.39, 0.29) is 65.0 Å². The Kier molecular flexibility index (Phi) is 25.1. The predicted octanol–water partition coefficient (Wildman–Crippen LogP) is -1.80. The van der Waals surface area contributed by atoms with E-state index in [0.29, 0.717) is 0 Å². The van der Waals surface area contributed by atoms with Gasteiger partial charge in [-0.25, -0.2) is 0 Å². The zero-order valence-corrected chi connectivity index (χ0v) is 4.16. The molecule has 0 aromatic rings. The Labute approximate surface area is 91.8 Å². The van der Waals surface area contributed by atoms with Gasteiger partial charge in [0.25, 0.3) is 0 Å². The molecule has 4 nitrogen and oxygen atoms in total. The third kappa shape index (κ3) is 102. The van der Waals surface area contributed by atoms with Crippen molar-refractivity contribution in [1.82, 2.24) is 0 Å². The normalized spacial score (nSPS) is 7.25. The summed E-state index contributed by atoms with van der Waals surface area (Å²) in [6.45, 7) is 0. The van der Waals surface area contributed by atoms with Crippen LogP contribution in [0.1, 0.15) is 0 Å². The fourth-order valence-electron chi connectivity index (χ4n) is 0. The third-order valence-corrected chi connectivity index (χ3v) is 0. The van der Waals surface area contributed by atoms with Crippen LogP contribution in [0.4, 0.5) is 0 Å². The van der Waals surface area contributed by atoms with Gasteiger partial charge >= 0.3 is 63.0 Å². The van der Waals surface area contributed by atoms with Crippen LogP contribution in [-0.4, -0.2) is 70.1 Å². The molecule has 0 unspecified atom stereocenters. The van der Waals surface area contributed by atoms with Crippen LogP contribution < -0.4 is 0 Å². The zero-order chi connectivity index (χ0) is 4.50. The Morgan fingerprint density at radius 2 is 1.12 bits per heavy atom. The van der Waals surface area contributed by atoms with Gasteiger partial charge in [0.2, 0.25) is 0 Å². The molecule has 8 heteroatoms. The summed E-state index contributed by atoms with van der Waals surface area (Å²) in [6.07, 6.45) is 0. The molecule has 0 aliphatic carbocycles. The summed E-state index contributed by atoms with van der Waals surface area (Å²) in [4.78, 5) is 0. The van der Waals surface area contributed by atoms with Crippen molar-refractivity contribution in [3.05, 3.63) is 0 Å². The number of hydrogen-bond acceptors (Lipinski definition) is 2. The quantitative estimate of drug-likeness (QED) is 0.345. The monoisotopic (exact) mass is 184 g/mol. The molecule has 8 heavy (non-hydrogen) atoms. The average molecular weight is 185 g/mol. The molecule has 0 saturated carbocycles. The molecule has 0 rings (SSSR count). The molecule has 0 aromatic carbocycles. The topological polar surface area (TPSA) is 74.6 Å². The van der Waals surface area contributed by atoms with E-state index in [1.54, 1.807) is 0 Å². The Morgan fingerprint density at radius 3 is 1.12 bits per heavy atom. The van der Waals surface area contributed by atoms with Crippen molar-refractivity contribution in [2.75, 3.05) is 0 Å². The van der Waals surface area contributed by atoms with Crippen LogP contribution in [0.15, 0.2) is 0 Å². The first-order chi connectivity index (χ1) is 2.00. The minimum atomic E-state index is -4.67. The Morgan fingerprint density at radius 1 is 1.12 bits per heavy atom. The predicted molar refractivity (Wildman–Crippen MR) is 37.1 cm³/mol. The van der Waals surface area contributed by atoms with Crippen molar-refractivity contribution in [2.45, 2.75) is 0 Å². The van der Waals surface area contributed by atoms with Gasteiger partial charge in [0.15, 0.2) is 0 Å². The van der Waals surface area contributed by atoms with Gasteiger partial charge in [-0.2, -0.15) is 8.42 Å². The van der Waals surface area contributed by atoms with Crippen LogP contribution >= 0.6 is 12.4 Å². The van der Waals surface area contributed by atoms with Crippen molar-refractivity contribution in [3.63, 3.8) is 0 Å². The van der Waals surface area contributed by atoms with Gasteiger partial charge in [0, 0.05) is 0 Å². The van der Waals surface area contributed by atoms with E-state index in [9.17, 15) is 0 Å². The molecule has 0 aliphatic heterocycles. The number of hydrogen-bond donors (Lipinski definition) is 2. The van der Waals surface area contributed by atoms with Crippen molar-refractivity contribution in [1.29, 1.82) is 0 Å². The second-order valence-corrected chi connectivity index (χ2v) is 1.34. The van der Waals surface area contributed by atoms with Gasteiger partial charge < -0.3 is 0 Å². The molecule has 0 aromatic heterocycles. The molecule has 0 heterocycles. The van der Waals surface area contributed by atoms with Crippen LogP contribution in [0.25, 0.3) is 0 Å². The molecule has 0 radical (unpaired) electrons. The van der Waals surface area contributed by atoms with Crippen molar-refractivity contribution >= 4 is 75.4 Å². The summed E-state index contributed by atoms with van der Waals surface area (Å²) in [6, 6.07) is 0. The van der Waals surface area contributed by atoms with Crippen LogP contribution in [-0.2, 0) is 10.4 Å². The summed E-state index contributed by atoms with van der Waals surface area (Å²) >= 11 is 0. The standard InChI is InChI=1S/ClH.Mg.Na.H2O4S.3H/c;;;1-5(2,3)4;;;/h1H;;;(H2,1,2,3,4);;;. The maximum atomic E-state index is 8.74. The van der Waals surface area contributed by atoms with Crippen LogP contribution in [0.2, 0.25) is 0 Å². The van der Waals surface area contributed by atoms with Crippen LogP contribution in [0.5, 0.6) is 0 Å². The Hall–Kier alpha value is 1.93. The van der Waals surface area contributed by atoms with E-state index in [0.717, 1.165) is 0 Å². The molecule has 46 valence electrons. The van der Waals surface area contributed by atoms with Gasteiger partial charge in [-0.15, -0.1) is 12.4 Å². The van der Waals surface area contributed by atoms with Crippen molar-refractivity contribution in [3.8, 4) is 0 Å². The van der Waals surface area contributed by atoms with Crippen molar-refractivity contribution in [2.24, 2.45) is 0 Å². The van der Waals surface area contributed by atoms with E-state index in [1.807, 2.05) is 0 Å². The fraction of sp³-hybridized carbons (Fsp3) is 0. The number of rotatable bonds is 0. The Bertz CT molecular complexity index is 99.2. The summed E-state index contributed by atoms with van der Waals surface area (Å²) in [7, 11) is -4.67. The van der Waals surface area contributed by atoms with Gasteiger partial charge in [-0.1, -0.05) is 0 Å². The second-order valence-electron chi connectivity index (χ2n) is 0.448.